The number of aliphatic hydroxyl groups excluding tert-OH is 1. The Labute approximate surface area is 171 Å². The highest BCUT2D eigenvalue weighted by atomic mass is 32.1. The molecule has 160 valence electrons. The summed E-state index contributed by atoms with van der Waals surface area (Å²) in [6, 6.07) is 0.555. The Morgan fingerprint density at radius 3 is 2.59 bits per heavy atom. The zero-order chi connectivity index (χ0) is 20.8. The Balaban J connectivity index is 1.57. The molecule has 1 fully saturated rings. The van der Waals surface area contributed by atoms with Crippen molar-refractivity contribution in [1.29, 1.82) is 0 Å². The van der Waals surface area contributed by atoms with Crippen LogP contribution in [0, 0.1) is 0 Å². The van der Waals surface area contributed by atoms with E-state index in [1.54, 1.807) is 0 Å². The van der Waals surface area contributed by atoms with Gasteiger partial charge in [0.15, 0.2) is 0 Å². The Hall–Kier alpha value is -1.45. The van der Waals surface area contributed by atoms with E-state index in [-0.39, 0.29) is 18.4 Å². The van der Waals surface area contributed by atoms with E-state index in [2.05, 4.69) is 29.0 Å². The maximum Gasteiger partial charge on any atom is 0.414 e. The number of aliphatic hydroxyl groups is 1. The van der Waals surface area contributed by atoms with Crippen LogP contribution in [0.1, 0.15) is 54.9 Å². The van der Waals surface area contributed by atoms with Crippen LogP contribution in [-0.2, 0) is 6.42 Å². The van der Waals surface area contributed by atoms with Gasteiger partial charge in [-0.1, -0.05) is 0 Å². The third-order valence-corrected chi connectivity index (χ3v) is 7.41. The predicted molar refractivity (Wildman–Crippen MR) is 106 cm³/mol. The summed E-state index contributed by atoms with van der Waals surface area (Å²) >= 11 is 1.50. The number of halogens is 3. The molecule has 0 amide bonds. The Bertz CT molecular complexity index is 863. The summed E-state index contributed by atoms with van der Waals surface area (Å²) in [5.41, 5.74) is 0.853. The van der Waals surface area contributed by atoms with Gasteiger partial charge in [-0.15, -0.1) is 11.3 Å². The molecule has 2 atom stereocenters. The maximum atomic E-state index is 12.9. The van der Waals surface area contributed by atoms with Crippen molar-refractivity contribution in [3.05, 3.63) is 16.8 Å². The van der Waals surface area contributed by atoms with Crippen LogP contribution in [0.3, 0.4) is 0 Å². The molecular formula is C20H26F3N3O2S. The van der Waals surface area contributed by atoms with Gasteiger partial charge in [-0.3, -0.25) is 0 Å². The van der Waals surface area contributed by atoms with Crippen molar-refractivity contribution in [2.45, 2.75) is 75.3 Å². The van der Waals surface area contributed by atoms with Crippen LogP contribution >= 0.6 is 11.3 Å². The molecule has 4 rings (SSSR count). The van der Waals surface area contributed by atoms with Crippen molar-refractivity contribution in [3.63, 3.8) is 0 Å². The number of aryl methyl sites for hydroxylation is 1. The first kappa shape index (κ1) is 20.8. The Morgan fingerprint density at radius 1 is 1.21 bits per heavy atom. The van der Waals surface area contributed by atoms with E-state index in [4.69, 9.17) is 4.74 Å². The minimum Gasteiger partial charge on any atom is -0.474 e. The fraction of sp³-hybridized carbons (Fsp3) is 0.700. The van der Waals surface area contributed by atoms with E-state index in [9.17, 15) is 18.3 Å². The van der Waals surface area contributed by atoms with Gasteiger partial charge in [0.1, 0.15) is 23.4 Å². The smallest absolute Gasteiger partial charge is 0.414 e. The fourth-order valence-corrected chi connectivity index (χ4v) is 5.84. The number of rotatable bonds is 5. The second-order valence-electron chi connectivity index (χ2n) is 8.34. The molecule has 1 saturated carbocycles. The minimum atomic E-state index is -4.60. The van der Waals surface area contributed by atoms with Crippen molar-refractivity contribution < 1.29 is 23.0 Å². The van der Waals surface area contributed by atoms with Crippen molar-refractivity contribution in [3.8, 4) is 5.88 Å². The molecular weight excluding hydrogens is 403 g/mol. The quantitative estimate of drug-likeness (QED) is 0.769. The third-order valence-electron chi connectivity index (χ3n) is 6.23. The van der Waals surface area contributed by atoms with Crippen molar-refractivity contribution in [2.75, 3.05) is 14.1 Å². The van der Waals surface area contributed by atoms with Crippen LogP contribution in [-0.4, -0.2) is 58.5 Å². The van der Waals surface area contributed by atoms with Gasteiger partial charge in [0, 0.05) is 10.9 Å². The van der Waals surface area contributed by atoms with Crippen LogP contribution in [0.15, 0.2) is 6.33 Å². The molecule has 9 heteroatoms. The number of fused-ring (bicyclic) bond motifs is 3. The summed E-state index contributed by atoms with van der Waals surface area (Å²) in [6.07, 6.45) is -0.459. The van der Waals surface area contributed by atoms with Gasteiger partial charge >= 0.3 is 6.18 Å². The highest BCUT2D eigenvalue weighted by molar-refractivity contribution is 7.19. The lowest BCUT2D eigenvalue weighted by atomic mass is 9.92. The molecule has 2 aliphatic carbocycles. The van der Waals surface area contributed by atoms with E-state index in [0.717, 1.165) is 46.3 Å². The second kappa shape index (κ2) is 8.00. The number of ether oxygens (including phenoxy) is 1. The van der Waals surface area contributed by atoms with Gasteiger partial charge in [0.2, 0.25) is 5.88 Å². The van der Waals surface area contributed by atoms with E-state index >= 15 is 0 Å². The Kier molecular flexibility index (Phi) is 5.74. The molecule has 0 saturated heterocycles. The summed E-state index contributed by atoms with van der Waals surface area (Å²) in [5, 5.41) is 10.3. The first-order valence-corrected chi connectivity index (χ1v) is 10.9. The third kappa shape index (κ3) is 4.22. The SMILES string of the molecule is CN(C)C1CCC(Oc2ncnc3sc4c(c23)[C@@H](CC(O)C(F)(F)F)CC4)CC1. The molecule has 2 aromatic rings. The highest BCUT2D eigenvalue weighted by Gasteiger charge is 2.42. The van der Waals surface area contributed by atoms with Gasteiger partial charge in [0.05, 0.1) is 5.39 Å². The van der Waals surface area contributed by atoms with Crippen molar-refractivity contribution >= 4 is 21.6 Å². The highest BCUT2D eigenvalue weighted by Crippen LogP contribution is 2.48. The van der Waals surface area contributed by atoms with E-state index in [1.807, 2.05) is 0 Å². The zero-order valence-corrected chi connectivity index (χ0v) is 17.4. The fourth-order valence-electron chi connectivity index (χ4n) is 4.61. The van der Waals surface area contributed by atoms with Crippen LogP contribution in [0.5, 0.6) is 5.88 Å². The molecule has 1 N–H and O–H groups in total. The van der Waals surface area contributed by atoms with Gasteiger partial charge in [-0.05, 0) is 70.5 Å². The maximum absolute atomic E-state index is 12.9. The van der Waals surface area contributed by atoms with Crippen LogP contribution in [0.25, 0.3) is 10.2 Å². The van der Waals surface area contributed by atoms with E-state index in [0.29, 0.717) is 24.8 Å². The standard InChI is InChI=1S/C20H26F3N3O2S/c1-26(2)12-4-6-13(7-5-12)28-18-17-16-11(9-15(27)20(21,22)23)3-8-14(16)29-19(17)25-10-24-18/h10-13,15,27H,3-9H2,1-2H3/t11-,12?,13?,15?/m1/s1. The van der Waals surface area contributed by atoms with Crippen LogP contribution < -0.4 is 4.74 Å². The van der Waals surface area contributed by atoms with E-state index < -0.39 is 12.3 Å². The molecule has 2 heterocycles. The van der Waals surface area contributed by atoms with Crippen LogP contribution in [0.4, 0.5) is 13.2 Å². The molecule has 5 nitrogen and oxygen atoms in total. The predicted octanol–water partition coefficient (Wildman–Crippen LogP) is 4.29. The van der Waals surface area contributed by atoms with Gasteiger partial charge in [0.25, 0.3) is 0 Å². The number of alkyl halides is 3. The molecule has 1 unspecified atom stereocenters. The molecule has 0 aliphatic heterocycles. The number of nitrogens with zero attached hydrogens (tertiary/aromatic N) is 3. The first-order chi connectivity index (χ1) is 13.7. The molecule has 29 heavy (non-hydrogen) atoms. The number of hydrogen-bond donors (Lipinski definition) is 1. The number of hydrogen-bond acceptors (Lipinski definition) is 6. The minimum absolute atomic E-state index is 0.0560. The molecule has 0 spiro atoms. The van der Waals surface area contributed by atoms with Crippen molar-refractivity contribution in [1.82, 2.24) is 14.9 Å². The second-order valence-corrected chi connectivity index (χ2v) is 9.42. The molecule has 0 radical (unpaired) electrons. The average Bonchev–Trinajstić information content (AvgIpc) is 3.21. The van der Waals surface area contributed by atoms with Crippen molar-refractivity contribution in [2.24, 2.45) is 0 Å². The summed E-state index contributed by atoms with van der Waals surface area (Å²) in [4.78, 5) is 12.7. The average molecular weight is 430 g/mol. The lowest BCUT2D eigenvalue weighted by Crippen LogP contribution is -2.35. The van der Waals surface area contributed by atoms with Gasteiger partial charge in [-0.2, -0.15) is 13.2 Å². The molecule has 0 aromatic carbocycles. The number of thiophene rings is 1. The van der Waals surface area contributed by atoms with Gasteiger partial charge in [-0.25, -0.2) is 9.97 Å². The van der Waals surface area contributed by atoms with Crippen LogP contribution in [0.2, 0.25) is 0 Å². The zero-order valence-electron chi connectivity index (χ0n) is 16.6. The summed E-state index contributed by atoms with van der Waals surface area (Å²) < 4.78 is 44.9. The lowest BCUT2D eigenvalue weighted by molar-refractivity contribution is -0.206. The first-order valence-electron chi connectivity index (χ1n) is 10.1. The molecule has 2 aromatic heterocycles. The molecule has 2 aliphatic rings. The monoisotopic (exact) mass is 429 g/mol. The van der Waals surface area contributed by atoms with E-state index in [1.165, 1.54) is 17.7 Å². The largest absolute Gasteiger partial charge is 0.474 e. The lowest BCUT2D eigenvalue weighted by Gasteiger charge is -2.32. The Morgan fingerprint density at radius 2 is 1.93 bits per heavy atom. The van der Waals surface area contributed by atoms with Gasteiger partial charge < -0.3 is 14.7 Å². The normalized spacial score (nSPS) is 26.1. The number of aromatic nitrogens is 2. The summed E-state index contributed by atoms with van der Waals surface area (Å²) in [7, 11) is 4.17. The topological polar surface area (TPSA) is 58.5 Å². The summed E-state index contributed by atoms with van der Waals surface area (Å²) in [5.74, 6) is 0.127. The summed E-state index contributed by atoms with van der Waals surface area (Å²) in [6.45, 7) is 0. The molecule has 0 bridgehead atoms.